The molecule has 0 heterocycles. The summed E-state index contributed by atoms with van der Waals surface area (Å²) < 4.78 is 0. The Kier molecular flexibility index (Phi) is 15.2. The molecule has 0 aromatic rings. The number of hydrogen-bond acceptors (Lipinski definition) is 7. The summed E-state index contributed by atoms with van der Waals surface area (Å²) in [7, 11) is -5.61. The molecule has 0 radical (unpaired) electrons. The SMILES string of the molecule is OOO.[Fe+4].[O-][Si]([O-])([O-])[O-]. The zero-order valence-corrected chi connectivity index (χ0v) is 5.89. The summed E-state index contributed by atoms with van der Waals surface area (Å²) in [5, 5.41) is 15.5. The first-order valence-corrected chi connectivity index (χ1v) is 2.81. The molecule has 9 heteroatoms. The van der Waals surface area contributed by atoms with Gasteiger partial charge in [-0.2, -0.15) is 0 Å². The average molecular weight is 198 g/mol. The molecule has 2 N–H and O–H groups in total. The largest absolute Gasteiger partial charge is 4.00 e. The van der Waals surface area contributed by atoms with E-state index in [1.54, 1.807) is 0 Å². The number of rotatable bonds is 0. The van der Waals surface area contributed by atoms with Gasteiger partial charge in [-0.15, -0.1) is 0 Å². The van der Waals surface area contributed by atoms with Gasteiger partial charge >= 0.3 is 17.1 Å². The normalized spacial score (nSPS) is 8.67. The van der Waals surface area contributed by atoms with Crippen LogP contribution in [0.25, 0.3) is 0 Å². The second-order valence-corrected chi connectivity index (χ2v) is 1.58. The van der Waals surface area contributed by atoms with Crippen molar-refractivity contribution in [1.29, 1.82) is 0 Å². The van der Waals surface area contributed by atoms with Gasteiger partial charge in [0.1, 0.15) is 0 Å². The standard InChI is InChI=1S/Fe.O4Si.H2O3/c;1-5(2,3)4;1-3-2/h;;1-2H/q+4;-4;. The second kappa shape index (κ2) is 8.46. The van der Waals surface area contributed by atoms with Gasteiger partial charge < -0.3 is 28.2 Å². The molecule has 0 aromatic carbocycles. The topological polar surface area (TPSA) is 142 Å². The van der Waals surface area contributed by atoms with E-state index in [4.69, 9.17) is 29.7 Å². The van der Waals surface area contributed by atoms with E-state index in [0.29, 0.717) is 0 Å². The molecule has 0 rings (SSSR count). The maximum atomic E-state index is 8.58. The summed E-state index contributed by atoms with van der Waals surface area (Å²) in [5.74, 6) is 0. The van der Waals surface area contributed by atoms with Crippen molar-refractivity contribution >= 4 is 9.05 Å². The van der Waals surface area contributed by atoms with Gasteiger partial charge in [0.05, 0.1) is 0 Å². The van der Waals surface area contributed by atoms with Crippen LogP contribution in [0.3, 0.4) is 0 Å². The first-order valence-electron chi connectivity index (χ1n) is 1.18. The van der Waals surface area contributed by atoms with Crippen LogP contribution in [0.2, 0.25) is 0 Å². The monoisotopic (exact) mass is 198 g/mol. The van der Waals surface area contributed by atoms with Crippen LogP contribution in [-0.2, 0) is 22.1 Å². The van der Waals surface area contributed by atoms with Crippen molar-refractivity contribution in [3.63, 3.8) is 0 Å². The van der Waals surface area contributed by atoms with Crippen molar-refractivity contribution in [2.24, 2.45) is 0 Å². The average Bonchev–Trinajstić information content (AvgIpc) is 1.27. The smallest absolute Gasteiger partial charge is 0.894 e. The van der Waals surface area contributed by atoms with Crippen molar-refractivity contribution < 1.29 is 51.8 Å². The number of hydrogen-bond donors (Lipinski definition) is 2. The van der Waals surface area contributed by atoms with E-state index in [9.17, 15) is 0 Å². The van der Waals surface area contributed by atoms with Crippen LogP contribution < -0.4 is 19.2 Å². The van der Waals surface area contributed by atoms with E-state index >= 15 is 0 Å². The van der Waals surface area contributed by atoms with Crippen molar-refractivity contribution in [2.75, 3.05) is 0 Å². The molecule has 0 spiro atoms. The van der Waals surface area contributed by atoms with Gasteiger partial charge in [0.2, 0.25) is 0 Å². The summed E-state index contributed by atoms with van der Waals surface area (Å²) >= 11 is 0. The zero-order chi connectivity index (χ0) is 7.21. The molecule has 0 aliphatic rings. The third-order valence-electron chi connectivity index (χ3n) is 0. The molecule has 0 saturated carbocycles. The molecule has 0 saturated heterocycles. The molecule has 0 aliphatic heterocycles. The maximum Gasteiger partial charge on any atom is 4.00 e. The predicted octanol–water partition coefficient (Wildman–Crippen LogP) is -5.19. The summed E-state index contributed by atoms with van der Waals surface area (Å²) in [6, 6.07) is 0. The van der Waals surface area contributed by atoms with Crippen molar-refractivity contribution in [1.82, 2.24) is 0 Å². The van der Waals surface area contributed by atoms with Crippen LogP contribution in [0.15, 0.2) is 0 Å². The Bertz CT molecular complexity index is 32.7. The fraction of sp³-hybridized carbons (Fsp3) is 0. The van der Waals surface area contributed by atoms with E-state index < -0.39 is 9.05 Å². The predicted molar refractivity (Wildman–Crippen MR) is 12.1 cm³/mol. The fourth-order valence-electron chi connectivity index (χ4n) is 0. The maximum absolute atomic E-state index is 8.58. The molecule has 0 aliphatic carbocycles. The molecule has 0 unspecified atom stereocenters. The van der Waals surface area contributed by atoms with Crippen molar-refractivity contribution in [2.45, 2.75) is 0 Å². The minimum absolute atomic E-state index is 0. The van der Waals surface area contributed by atoms with E-state index in [0.717, 1.165) is 0 Å². The molecule has 0 fully saturated rings. The quantitative estimate of drug-likeness (QED) is 0.225. The molecule has 7 nitrogen and oxygen atoms in total. The molecule has 9 heavy (non-hydrogen) atoms. The van der Waals surface area contributed by atoms with Crippen LogP contribution in [-0.4, -0.2) is 19.6 Å². The zero-order valence-electron chi connectivity index (χ0n) is 3.79. The van der Waals surface area contributed by atoms with Crippen molar-refractivity contribution in [3.05, 3.63) is 0 Å². The van der Waals surface area contributed by atoms with Gasteiger partial charge in [0.15, 0.2) is 0 Å². The summed E-state index contributed by atoms with van der Waals surface area (Å²) in [6.45, 7) is 0. The molecular weight excluding hydrogens is 196 g/mol. The van der Waals surface area contributed by atoms with Gasteiger partial charge in [-0.3, -0.25) is 0 Å². The first kappa shape index (κ1) is 16.2. The third-order valence-corrected chi connectivity index (χ3v) is 0. The van der Waals surface area contributed by atoms with Crippen LogP contribution in [0.1, 0.15) is 0 Å². The Morgan fingerprint density at radius 2 is 1.00 bits per heavy atom. The Morgan fingerprint density at radius 3 is 1.00 bits per heavy atom. The Labute approximate surface area is 61.6 Å². The third kappa shape index (κ3) is 1690. The minimum atomic E-state index is -5.61. The molecular formula is H2FeO7Si. The Hall–Kier alpha value is 0.456. The van der Waals surface area contributed by atoms with Gasteiger partial charge in [0.25, 0.3) is 0 Å². The van der Waals surface area contributed by atoms with E-state index in [1.165, 1.54) is 0 Å². The van der Waals surface area contributed by atoms with Crippen LogP contribution >= 0.6 is 0 Å². The summed E-state index contributed by atoms with van der Waals surface area (Å²) in [6.07, 6.45) is 0. The fourth-order valence-corrected chi connectivity index (χ4v) is 0. The molecule has 0 bridgehead atoms. The van der Waals surface area contributed by atoms with E-state index in [1.807, 2.05) is 0 Å². The van der Waals surface area contributed by atoms with Crippen LogP contribution in [0.4, 0.5) is 0 Å². The van der Waals surface area contributed by atoms with Crippen LogP contribution in [0, 0.1) is 0 Å². The second-order valence-electron chi connectivity index (χ2n) is 0.582. The van der Waals surface area contributed by atoms with Gasteiger partial charge in [-0.25, -0.2) is 10.5 Å². The molecule has 56 valence electrons. The van der Waals surface area contributed by atoms with E-state index in [2.05, 4.69) is 5.04 Å². The van der Waals surface area contributed by atoms with Gasteiger partial charge in [0, 0.05) is 0 Å². The molecule has 0 amide bonds. The van der Waals surface area contributed by atoms with Crippen LogP contribution in [0.5, 0.6) is 0 Å². The summed E-state index contributed by atoms with van der Waals surface area (Å²) in [5.41, 5.74) is 0. The Balaban J connectivity index is -0.0000000800. The molecule has 0 aromatic heterocycles. The minimum Gasteiger partial charge on any atom is -0.894 e. The first-order chi connectivity index (χ1) is 3.41. The van der Waals surface area contributed by atoms with Gasteiger partial charge in [-0.1, -0.05) is 5.04 Å². The summed E-state index contributed by atoms with van der Waals surface area (Å²) in [4.78, 5) is 34.3. The van der Waals surface area contributed by atoms with Gasteiger partial charge in [-0.05, 0) is 0 Å². The van der Waals surface area contributed by atoms with E-state index in [-0.39, 0.29) is 17.1 Å². The Morgan fingerprint density at radius 1 is 1.00 bits per heavy atom. The van der Waals surface area contributed by atoms with Crippen molar-refractivity contribution in [3.8, 4) is 0 Å². The molecule has 0 atom stereocenters.